The van der Waals surface area contributed by atoms with E-state index in [0.717, 1.165) is 24.3 Å². The molecule has 0 saturated heterocycles. The van der Waals surface area contributed by atoms with Gasteiger partial charge in [0.1, 0.15) is 11.8 Å². The molecule has 0 heterocycles. The minimum absolute atomic E-state index is 0.171. The van der Waals surface area contributed by atoms with E-state index < -0.39 is 17.9 Å². The van der Waals surface area contributed by atoms with E-state index in [0.29, 0.717) is 16.3 Å². The zero-order valence-electron chi connectivity index (χ0n) is 19.5. The van der Waals surface area contributed by atoms with Crippen LogP contribution in [0.5, 0.6) is 5.75 Å². The van der Waals surface area contributed by atoms with Crippen LogP contribution < -0.4 is 20.4 Å². The highest BCUT2D eigenvalue weighted by atomic mass is 35.5. The molecular weight excluding hydrogens is 463 g/mol. The number of anilines is 1. The Hall–Kier alpha value is -2.77. The van der Waals surface area contributed by atoms with Gasteiger partial charge < -0.3 is 15.0 Å². The third-order valence-corrected chi connectivity index (χ3v) is 5.88. The second-order valence-corrected chi connectivity index (χ2v) is 8.47. The van der Waals surface area contributed by atoms with Gasteiger partial charge in [-0.2, -0.15) is 5.10 Å². The van der Waals surface area contributed by atoms with Gasteiger partial charge in [-0.25, -0.2) is 5.43 Å². The summed E-state index contributed by atoms with van der Waals surface area (Å²) < 4.78 is 5.48. The van der Waals surface area contributed by atoms with E-state index in [1.165, 1.54) is 18.3 Å². The van der Waals surface area contributed by atoms with Crippen LogP contribution in [0.4, 0.5) is 5.69 Å². The molecule has 0 fully saturated rings. The van der Waals surface area contributed by atoms with Gasteiger partial charge in [0.05, 0.1) is 23.4 Å². The number of carbonyl (C=O) groups excluding carboxylic acids is 2. The lowest BCUT2D eigenvalue weighted by Crippen LogP contribution is -2.48. The number of nitrogens with zero attached hydrogens (tertiary/aromatic N) is 2. The van der Waals surface area contributed by atoms with Gasteiger partial charge in [0, 0.05) is 36.0 Å². The third kappa shape index (κ3) is 7.11. The fourth-order valence-corrected chi connectivity index (χ4v) is 3.52. The molecular formula is C24H30Cl2N4O3. The van der Waals surface area contributed by atoms with E-state index in [-0.39, 0.29) is 10.9 Å². The number of halogens is 2. The summed E-state index contributed by atoms with van der Waals surface area (Å²) in [5.41, 5.74) is 4.57. The summed E-state index contributed by atoms with van der Waals surface area (Å²) in [6.07, 6.45) is 1.51. The maximum absolute atomic E-state index is 12.7. The molecule has 2 rings (SSSR count). The lowest BCUT2D eigenvalue weighted by molar-refractivity contribution is -0.123. The zero-order valence-corrected chi connectivity index (χ0v) is 21.0. The summed E-state index contributed by atoms with van der Waals surface area (Å²) >= 11 is 11.9. The van der Waals surface area contributed by atoms with Crippen LogP contribution in [0.2, 0.25) is 10.0 Å². The predicted molar refractivity (Wildman–Crippen MR) is 135 cm³/mol. The molecule has 7 nitrogen and oxygen atoms in total. The van der Waals surface area contributed by atoms with Crippen LogP contribution in [0, 0.1) is 5.92 Å². The number of methoxy groups -OCH3 is 1. The lowest BCUT2D eigenvalue weighted by atomic mass is 10.0. The molecule has 0 radical (unpaired) electrons. The Labute approximate surface area is 205 Å². The normalized spacial score (nSPS) is 12.0. The van der Waals surface area contributed by atoms with Gasteiger partial charge in [-0.3, -0.25) is 9.59 Å². The molecule has 0 aliphatic rings. The summed E-state index contributed by atoms with van der Waals surface area (Å²) in [6.45, 7) is 9.61. The first-order valence-corrected chi connectivity index (χ1v) is 11.5. The lowest BCUT2D eigenvalue weighted by Gasteiger charge is -2.22. The zero-order chi connectivity index (χ0) is 24.5. The van der Waals surface area contributed by atoms with E-state index in [9.17, 15) is 9.59 Å². The van der Waals surface area contributed by atoms with Crippen LogP contribution in [0.15, 0.2) is 41.5 Å². The molecule has 2 aromatic rings. The fraction of sp³-hybridized carbons (Fsp3) is 0.375. The molecule has 33 heavy (non-hydrogen) atoms. The molecule has 0 spiro atoms. The number of hydrogen-bond acceptors (Lipinski definition) is 5. The quantitative estimate of drug-likeness (QED) is 0.370. The average Bonchev–Trinajstić information content (AvgIpc) is 2.80. The van der Waals surface area contributed by atoms with Crippen molar-refractivity contribution in [2.75, 3.05) is 25.1 Å². The summed E-state index contributed by atoms with van der Waals surface area (Å²) in [7, 11) is 1.59. The van der Waals surface area contributed by atoms with Crippen molar-refractivity contribution in [1.82, 2.24) is 10.7 Å². The molecule has 0 aliphatic heterocycles. The highest BCUT2D eigenvalue weighted by Gasteiger charge is 2.24. The largest absolute Gasteiger partial charge is 0.496 e. The highest BCUT2D eigenvalue weighted by Crippen LogP contribution is 2.25. The van der Waals surface area contributed by atoms with E-state index in [1.54, 1.807) is 13.2 Å². The summed E-state index contributed by atoms with van der Waals surface area (Å²) in [4.78, 5) is 27.5. The van der Waals surface area contributed by atoms with Gasteiger partial charge in [-0.15, -0.1) is 0 Å². The molecule has 1 unspecified atom stereocenters. The van der Waals surface area contributed by atoms with Gasteiger partial charge >= 0.3 is 0 Å². The van der Waals surface area contributed by atoms with Crippen molar-refractivity contribution in [2.45, 2.75) is 33.7 Å². The number of rotatable bonds is 10. The standard InChI is InChI=1S/C24H30Cl2N4O3/c1-6-30(7-2)18-10-8-17(21(13-18)33-5)14-27-29-24(32)22(15(3)4)28-23(31)16-9-11-19(25)20(26)12-16/h8-15,22H,6-7H2,1-5H3,(H,28,31)(H,29,32)/b27-14-. The Balaban J connectivity index is 2.10. The maximum Gasteiger partial charge on any atom is 0.262 e. The van der Waals surface area contributed by atoms with Crippen molar-refractivity contribution >= 4 is 46.9 Å². The third-order valence-electron chi connectivity index (χ3n) is 5.14. The van der Waals surface area contributed by atoms with Crippen LogP contribution >= 0.6 is 23.2 Å². The Kier molecular flexibility index (Phi) is 10.0. The summed E-state index contributed by atoms with van der Waals surface area (Å²) in [5, 5.41) is 7.41. The number of amides is 2. The molecule has 2 N–H and O–H groups in total. The van der Waals surface area contributed by atoms with E-state index in [1.807, 2.05) is 32.0 Å². The number of carbonyl (C=O) groups is 2. The van der Waals surface area contributed by atoms with Crippen molar-refractivity contribution in [3.63, 3.8) is 0 Å². The number of ether oxygens (including phenoxy) is 1. The molecule has 9 heteroatoms. The topological polar surface area (TPSA) is 83.0 Å². The molecule has 0 aromatic heterocycles. The van der Waals surface area contributed by atoms with Crippen molar-refractivity contribution in [3.05, 3.63) is 57.6 Å². The van der Waals surface area contributed by atoms with Gasteiger partial charge in [-0.05, 0) is 50.1 Å². The predicted octanol–water partition coefficient (Wildman–Crippen LogP) is 4.75. The first kappa shape index (κ1) is 26.5. The number of hydrogen-bond donors (Lipinski definition) is 2. The van der Waals surface area contributed by atoms with Gasteiger partial charge in [0.25, 0.3) is 11.8 Å². The van der Waals surface area contributed by atoms with Crippen LogP contribution in [0.25, 0.3) is 0 Å². The van der Waals surface area contributed by atoms with Crippen molar-refractivity contribution in [3.8, 4) is 5.75 Å². The number of nitrogens with one attached hydrogen (secondary N) is 2. The molecule has 2 aromatic carbocycles. The number of benzene rings is 2. The van der Waals surface area contributed by atoms with E-state index in [2.05, 4.69) is 34.6 Å². The van der Waals surface area contributed by atoms with E-state index in [4.69, 9.17) is 27.9 Å². The highest BCUT2D eigenvalue weighted by molar-refractivity contribution is 6.42. The number of hydrazone groups is 1. The molecule has 0 bridgehead atoms. The second-order valence-electron chi connectivity index (χ2n) is 7.66. The van der Waals surface area contributed by atoms with Gasteiger partial charge in [0.2, 0.25) is 0 Å². The minimum atomic E-state index is -0.795. The fourth-order valence-electron chi connectivity index (χ4n) is 3.22. The van der Waals surface area contributed by atoms with Crippen LogP contribution in [0.1, 0.15) is 43.6 Å². The van der Waals surface area contributed by atoms with Crippen LogP contribution in [0.3, 0.4) is 0 Å². The van der Waals surface area contributed by atoms with Crippen molar-refractivity contribution in [2.24, 2.45) is 11.0 Å². The Morgan fingerprint density at radius 1 is 1.09 bits per heavy atom. The van der Waals surface area contributed by atoms with E-state index >= 15 is 0 Å². The van der Waals surface area contributed by atoms with Crippen molar-refractivity contribution < 1.29 is 14.3 Å². The molecule has 0 aliphatic carbocycles. The molecule has 178 valence electrons. The van der Waals surface area contributed by atoms with Crippen molar-refractivity contribution in [1.29, 1.82) is 0 Å². The monoisotopic (exact) mass is 492 g/mol. The molecule has 1 atom stereocenters. The smallest absolute Gasteiger partial charge is 0.262 e. The summed E-state index contributed by atoms with van der Waals surface area (Å²) in [6, 6.07) is 9.54. The molecule has 0 saturated carbocycles. The SMILES string of the molecule is CCN(CC)c1ccc(/C=N\NC(=O)C(NC(=O)c2ccc(Cl)c(Cl)c2)C(C)C)c(OC)c1. The van der Waals surface area contributed by atoms with Crippen LogP contribution in [-0.4, -0.2) is 44.3 Å². The Bertz CT molecular complexity index is 1010. The maximum atomic E-state index is 12.7. The van der Waals surface area contributed by atoms with Crippen LogP contribution in [-0.2, 0) is 4.79 Å². The Morgan fingerprint density at radius 2 is 1.79 bits per heavy atom. The summed E-state index contributed by atoms with van der Waals surface area (Å²) in [5.74, 6) is -0.394. The Morgan fingerprint density at radius 3 is 2.36 bits per heavy atom. The second kappa shape index (κ2) is 12.5. The minimum Gasteiger partial charge on any atom is -0.496 e. The average molecular weight is 493 g/mol. The first-order chi connectivity index (χ1) is 15.7. The van der Waals surface area contributed by atoms with Gasteiger partial charge in [-0.1, -0.05) is 37.0 Å². The van der Waals surface area contributed by atoms with Gasteiger partial charge in [0.15, 0.2) is 0 Å². The first-order valence-electron chi connectivity index (χ1n) is 10.7. The molecule has 2 amide bonds.